The number of hydrogen-bond acceptors (Lipinski definition) is 5. The van der Waals surface area contributed by atoms with Crippen molar-refractivity contribution >= 4 is 16.7 Å². The molecule has 4 N–H and O–H groups in total. The summed E-state index contributed by atoms with van der Waals surface area (Å²) in [5.41, 5.74) is 17.3. The average molecular weight is 558 g/mol. The van der Waals surface area contributed by atoms with Gasteiger partial charge in [0.2, 0.25) is 0 Å². The maximum Gasteiger partial charge on any atom is 0.185 e. The van der Waals surface area contributed by atoms with E-state index >= 15 is 0 Å². The van der Waals surface area contributed by atoms with Gasteiger partial charge in [0.15, 0.2) is 5.96 Å². The van der Waals surface area contributed by atoms with E-state index in [1.54, 1.807) is 0 Å². The predicted octanol–water partition coefficient (Wildman–Crippen LogP) is 5.50. The molecule has 2 heterocycles. The molecule has 5 rings (SSSR count). The quantitative estimate of drug-likeness (QED) is 0.106. The third-order valence-corrected chi connectivity index (χ3v) is 7.30. The van der Waals surface area contributed by atoms with Crippen LogP contribution in [0.4, 0.5) is 0 Å². The maximum absolute atomic E-state index is 5.56. The van der Waals surface area contributed by atoms with Crippen molar-refractivity contribution in [2.45, 2.75) is 39.1 Å². The monoisotopic (exact) mass is 557 g/mol. The third-order valence-electron chi connectivity index (χ3n) is 7.30. The zero-order valence-electron chi connectivity index (χ0n) is 24.0. The third kappa shape index (κ3) is 8.70. The summed E-state index contributed by atoms with van der Waals surface area (Å²) in [4.78, 5) is 17.8. The number of aromatic nitrogens is 2. The van der Waals surface area contributed by atoms with Gasteiger partial charge in [-0.25, -0.2) is 0 Å². The van der Waals surface area contributed by atoms with E-state index in [0.717, 1.165) is 51.4 Å². The van der Waals surface area contributed by atoms with E-state index in [2.05, 4.69) is 110 Å². The largest absolute Gasteiger partial charge is 0.370 e. The molecule has 0 spiro atoms. The Hall–Kier alpha value is -4.59. The fourth-order valence-corrected chi connectivity index (χ4v) is 5.29. The van der Waals surface area contributed by atoms with Crippen molar-refractivity contribution in [2.75, 3.05) is 13.1 Å². The maximum atomic E-state index is 5.56. The van der Waals surface area contributed by atoms with E-state index in [-0.39, 0.29) is 5.96 Å². The highest BCUT2D eigenvalue weighted by molar-refractivity contribution is 5.85. The van der Waals surface area contributed by atoms with Gasteiger partial charge in [0.05, 0.1) is 5.69 Å². The number of pyridine rings is 2. The number of rotatable bonds is 14. The summed E-state index contributed by atoms with van der Waals surface area (Å²) in [6.07, 6.45) is 6.45. The van der Waals surface area contributed by atoms with Crippen LogP contribution in [-0.2, 0) is 32.7 Å². The number of benzene rings is 3. The highest BCUT2D eigenvalue weighted by atomic mass is 15.1. The van der Waals surface area contributed by atoms with Crippen LogP contribution in [0, 0.1) is 0 Å². The topological polar surface area (TPSA) is 96.7 Å². The van der Waals surface area contributed by atoms with E-state index in [1.165, 1.54) is 33.0 Å². The number of nitrogens with zero attached hydrogens (tertiary/aromatic N) is 5. The minimum Gasteiger partial charge on any atom is -0.370 e. The van der Waals surface area contributed by atoms with Crippen molar-refractivity contribution in [3.63, 3.8) is 0 Å². The van der Waals surface area contributed by atoms with E-state index in [1.807, 2.05) is 30.7 Å². The van der Waals surface area contributed by atoms with Crippen LogP contribution in [0.1, 0.15) is 34.4 Å². The second-order valence-corrected chi connectivity index (χ2v) is 10.6. The van der Waals surface area contributed by atoms with Gasteiger partial charge in [-0.05, 0) is 63.7 Å². The minimum absolute atomic E-state index is 0.146. The first-order chi connectivity index (χ1) is 20.6. The number of nitrogens with two attached hydrogens (primary N) is 2. The number of aliphatic imine (C=N–C) groups is 1. The molecule has 0 bridgehead atoms. The van der Waals surface area contributed by atoms with Gasteiger partial charge in [-0.1, -0.05) is 72.8 Å². The standard InChI is InChI=1S/C35H39N7/c36-35(37)40-19-6-22-41(26-32-9-5-8-31-7-1-2-11-34(31)32)23-28-12-14-29(15-13-28)24-42(25-30-16-20-38-21-17-30)27-33-10-3-4-18-39-33/h1-5,7-18,20-21H,6,19,22-27H2,(H4,36,37,40). The molecule has 7 nitrogen and oxygen atoms in total. The first-order valence-corrected chi connectivity index (χ1v) is 14.5. The van der Waals surface area contributed by atoms with Gasteiger partial charge in [-0.2, -0.15) is 0 Å². The Morgan fingerprint density at radius 3 is 2.00 bits per heavy atom. The van der Waals surface area contributed by atoms with Gasteiger partial charge in [0.1, 0.15) is 0 Å². The molecule has 214 valence electrons. The van der Waals surface area contributed by atoms with Gasteiger partial charge < -0.3 is 11.5 Å². The zero-order valence-corrected chi connectivity index (χ0v) is 24.0. The molecule has 0 amide bonds. The van der Waals surface area contributed by atoms with Crippen molar-refractivity contribution in [3.8, 4) is 0 Å². The SMILES string of the molecule is NC(N)=NCCCN(Cc1ccc(CN(Cc2ccncc2)Cc2ccccn2)cc1)Cc1cccc2ccccc12. The molecule has 0 unspecified atom stereocenters. The predicted molar refractivity (Wildman–Crippen MR) is 171 cm³/mol. The fraction of sp³-hybridized carbons (Fsp3) is 0.229. The first kappa shape index (κ1) is 28.9. The van der Waals surface area contributed by atoms with Crippen molar-refractivity contribution < 1.29 is 0 Å². The lowest BCUT2D eigenvalue weighted by atomic mass is 10.0. The van der Waals surface area contributed by atoms with Crippen LogP contribution in [0.25, 0.3) is 10.8 Å². The molecule has 3 aromatic carbocycles. The van der Waals surface area contributed by atoms with E-state index in [9.17, 15) is 0 Å². The summed E-state index contributed by atoms with van der Waals surface area (Å²) in [5.74, 6) is 0.146. The Morgan fingerprint density at radius 2 is 1.29 bits per heavy atom. The summed E-state index contributed by atoms with van der Waals surface area (Å²) >= 11 is 0. The molecule has 2 aromatic heterocycles. The Balaban J connectivity index is 1.28. The Bertz CT molecular complexity index is 1500. The van der Waals surface area contributed by atoms with Crippen LogP contribution in [0.2, 0.25) is 0 Å². The summed E-state index contributed by atoms with van der Waals surface area (Å²) in [6, 6.07) is 34.4. The molecule has 0 radical (unpaired) electrons. The summed E-state index contributed by atoms with van der Waals surface area (Å²) in [5, 5.41) is 2.56. The van der Waals surface area contributed by atoms with E-state index in [4.69, 9.17) is 11.5 Å². The van der Waals surface area contributed by atoms with E-state index in [0.29, 0.717) is 6.54 Å². The molecule has 0 atom stereocenters. The van der Waals surface area contributed by atoms with Gasteiger partial charge in [0, 0.05) is 64.4 Å². The lowest BCUT2D eigenvalue weighted by Gasteiger charge is -2.24. The molecule has 42 heavy (non-hydrogen) atoms. The van der Waals surface area contributed by atoms with Crippen LogP contribution in [0.5, 0.6) is 0 Å². The van der Waals surface area contributed by atoms with Crippen molar-refractivity contribution in [2.24, 2.45) is 16.5 Å². The van der Waals surface area contributed by atoms with Crippen molar-refractivity contribution in [1.29, 1.82) is 0 Å². The Morgan fingerprint density at radius 1 is 0.619 bits per heavy atom. The normalized spacial score (nSPS) is 11.3. The van der Waals surface area contributed by atoms with Gasteiger partial charge in [0.25, 0.3) is 0 Å². The summed E-state index contributed by atoms with van der Waals surface area (Å²) in [6.45, 7) is 5.66. The molecule has 7 heteroatoms. The molecule has 0 aliphatic carbocycles. The highest BCUT2D eigenvalue weighted by Crippen LogP contribution is 2.22. The fourth-order valence-electron chi connectivity index (χ4n) is 5.29. The zero-order chi connectivity index (χ0) is 29.0. The van der Waals surface area contributed by atoms with Crippen LogP contribution in [-0.4, -0.2) is 38.8 Å². The van der Waals surface area contributed by atoms with Gasteiger partial charge in [-0.15, -0.1) is 0 Å². The summed E-state index contributed by atoms with van der Waals surface area (Å²) < 4.78 is 0. The van der Waals surface area contributed by atoms with Crippen molar-refractivity contribution in [3.05, 3.63) is 144 Å². The molecule has 0 saturated carbocycles. The lowest BCUT2D eigenvalue weighted by Crippen LogP contribution is -2.26. The molecule has 5 aromatic rings. The number of guanidine groups is 1. The van der Waals surface area contributed by atoms with Crippen LogP contribution < -0.4 is 11.5 Å². The Kier molecular flexibility index (Phi) is 10.2. The smallest absolute Gasteiger partial charge is 0.185 e. The molecule has 0 fully saturated rings. The van der Waals surface area contributed by atoms with Crippen LogP contribution in [0.15, 0.2) is 121 Å². The first-order valence-electron chi connectivity index (χ1n) is 14.5. The molecular weight excluding hydrogens is 518 g/mol. The van der Waals surface area contributed by atoms with Crippen LogP contribution in [0.3, 0.4) is 0 Å². The average Bonchev–Trinajstić information content (AvgIpc) is 3.01. The molecule has 0 aliphatic rings. The van der Waals surface area contributed by atoms with Gasteiger partial charge in [-0.3, -0.25) is 24.8 Å². The second kappa shape index (κ2) is 14.9. The Labute approximate surface area is 248 Å². The number of fused-ring (bicyclic) bond motifs is 1. The molecular formula is C35H39N7. The van der Waals surface area contributed by atoms with Crippen molar-refractivity contribution in [1.82, 2.24) is 19.8 Å². The minimum atomic E-state index is 0.146. The van der Waals surface area contributed by atoms with E-state index < -0.39 is 0 Å². The second-order valence-electron chi connectivity index (χ2n) is 10.6. The number of hydrogen-bond donors (Lipinski definition) is 2. The van der Waals surface area contributed by atoms with Gasteiger partial charge >= 0.3 is 0 Å². The lowest BCUT2D eigenvalue weighted by molar-refractivity contribution is 0.244. The summed E-state index contributed by atoms with van der Waals surface area (Å²) in [7, 11) is 0. The highest BCUT2D eigenvalue weighted by Gasteiger charge is 2.12. The van der Waals surface area contributed by atoms with Crippen LogP contribution >= 0.6 is 0 Å². The molecule has 0 aliphatic heterocycles. The molecule has 0 saturated heterocycles.